The minimum Gasteiger partial charge on any atom is -0.350 e. The Morgan fingerprint density at radius 1 is 1.33 bits per heavy atom. The summed E-state index contributed by atoms with van der Waals surface area (Å²) in [5.41, 5.74) is 0.825. The van der Waals surface area contributed by atoms with Crippen LogP contribution in [0.15, 0.2) is 12.3 Å². The quantitative estimate of drug-likeness (QED) is 0.876. The van der Waals surface area contributed by atoms with E-state index in [1.807, 2.05) is 26.8 Å². The van der Waals surface area contributed by atoms with Crippen LogP contribution in [0.2, 0.25) is 0 Å². The first-order chi connectivity index (χ1) is 9.94. The fourth-order valence-corrected chi connectivity index (χ4v) is 2.79. The zero-order valence-corrected chi connectivity index (χ0v) is 13.5. The molecule has 0 aliphatic heterocycles. The first-order valence-electron chi connectivity index (χ1n) is 8.00. The average molecular weight is 292 g/mol. The van der Waals surface area contributed by atoms with E-state index in [0.717, 1.165) is 5.69 Å². The second-order valence-corrected chi connectivity index (χ2v) is 6.98. The molecule has 5 nitrogen and oxygen atoms in total. The molecule has 5 heteroatoms. The van der Waals surface area contributed by atoms with Gasteiger partial charge in [-0.15, -0.1) is 0 Å². The molecule has 2 N–H and O–H groups in total. The molecule has 0 atom stereocenters. The molecule has 1 amide bonds. The monoisotopic (exact) mass is 292 g/mol. The standard InChI is InChI=1S/C16H28N4O/c1-16(2,3)18-15(21)12-17-11-13-9-10-20(19-13)14-7-5-4-6-8-14/h9-10,14,17H,4-8,11-12H2,1-3H3,(H,18,21). The fourth-order valence-electron chi connectivity index (χ4n) is 2.79. The van der Waals surface area contributed by atoms with E-state index in [1.165, 1.54) is 32.1 Å². The highest BCUT2D eigenvalue weighted by Gasteiger charge is 2.16. The van der Waals surface area contributed by atoms with E-state index in [4.69, 9.17) is 0 Å². The number of amides is 1. The van der Waals surface area contributed by atoms with Crippen molar-refractivity contribution < 1.29 is 4.79 Å². The fraction of sp³-hybridized carbons (Fsp3) is 0.750. The molecule has 1 saturated carbocycles. The predicted molar refractivity (Wildman–Crippen MR) is 84.0 cm³/mol. The van der Waals surface area contributed by atoms with Crippen molar-refractivity contribution in [2.24, 2.45) is 0 Å². The first-order valence-corrected chi connectivity index (χ1v) is 8.00. The molecule has 1 aromatic rings. The van der Waals surface area contributed by atoms with Crippen LogP contribution in [0, 0.1) is 0 Å². The summed E-state index contributed by atoms with van der Waals surface area (Å²) >= 11 is 0. The van der Waals surface area contributed by atoms with E-state index in [0.29, 0.717) is 19.1 Å². The Hall–Kier alpha value is -1.36. The maximum atomic E-state index is 11.7. The van der Waals surface area contributed by atoms with Crippen molar-refractivity contribution in [3.8, 4) is 0 Å². The number of aromatic nitrogens is 2. The molecule has 0 aromatic carbocycles. The summed E-state index contributed by atoms with van der Waals surface area (Å²) in [6.07, 6.45) is 8.53. The summed E-state index contributed by atoms with van der Waals surface area (Å²) in [6.45, 7) is 6.91. The Morgan fingerprint density at radius 2 is 2.05 bits per heavy atom. The van der Waals surface area contributed by atoms with Crippen LogP contribution in [-0.2, 0) is 11.3 Å². The molecule has 0 spiro atoms. The van der Waals surface area contributed by atoms with E-state index in [9.17, 15) is 4.79 Å². The highest BCUT2D eigenvalue weighted by atomic mass is 16.2. The predicted octanol–water partition coefficient (Wildman–Crippen LogP) is 2.39. The Morgan fingerprint density at radius 3 is 2.71 bits per heavy atom. The van der Waals surface area contributed by atoms with Gasteiger partial charge in [0.15, 0.2) is 0 Å². The van der Waals surface area contributed by atoms with Crippen LogP contribution in [0.1, 0.15) is 64.6 Å². The zero-order chi connectivity index (χ0) is 15.3. The van der Waals surface area contributed by atoms with Gasteiger partial charge in [-0.3, -0.25) is 9.48 Å². The topological polar surface area (TPSA) is 59.0 Å². The van der Waals surface area contributed by atoms with Gasteiger partial charge in [-0.1, -0.05) is 19.3 Å². The molecular formula is C16H28N4O. The lowest BCUT2D eigenvalue weighted by Gasteiger charge is -2.21. The largest absolute Gasteiger partial charge is 0.350 e. The van der Waals surface area contributed by atoms with Gasteiger partial charge in [-0.2, -0.15) is 5.10 Å². The van der Waals surface area contributed by atoms with Crippen molar-refractivity contribution in [2.45, 2.75) is 71.0 Å². The lowest BCUT2D eigenvalue weighted by atomic mass is 9.96. The van der Waals surface area contributed by atoms with Gasteiger partial charge >= 0.3 is 0 Å². The Kier molecular flexibility index (Phi) is 5.39. The van der Waals surface area contributed by atoms with E-state index >= 15 is 0 Å². The Labute approximate surface area is 127 Å². The molecule has 1 aliphatic rings. The Balaban J connectivity index is 1.74. The van der Waals surface area contributed by atoms with Crippen LogP contribution in [0.25, 0.3) is 0 Å². The van der Waals surface area contributed by atoms with E-state index in [-0.39, 0.29) is 11.4 Å². The first kappa shape index (κ1) is 16.0. The van der Waals surface area contributed by atoms with E-state index in [1.54, 1.807) is 0 Å². The molecule has 0 radical (unpaired) electrons. The van der Waals surface area contributed by atoms with Gasteiger partial charge in [-0.25, -0.2) is 0 Å². The lowest BCUT2D eigenvalue weighted by molar-refractivity contribution is -0.121. The van der Waals surface area contributed by atoms with Gasteiger partial charge in [0.25, 0.3) is 0 Å². The van der Waals surface area contributed by atoms with Crippen molar-refractivity contribution in [3.05, 3.63) is 18.0 Å². The van der Waals surface area contributed by atoms with Crippen LogP contribution in [-0.4, -0.2) is 27.8 Å². The van der Waals surface area contributed by atoms with Crippen LogP contribution in [0.4, 0.5) is 0 Å². The molecule has 1 aromatic heterocycles. The number of hydrogen-bond donors (Lipinski definition) is 2. The molecule has 0 unspecified atom stereocenters. The number of nitrogens with one attached hydrogen (secondary N) is 2. The van der Waals surface area contributed by atoms with E-state index in [2.05, 4.69) is 26.6 Å². The lowest BCUT2D eigenvalue weighted by Crippen LogP contribution is -2.44. The third kappa shape index (κ3) is 5.50. The average Bonchev–Trinajstić information content (AvgIpc) is 2.86. The van der Waals surface area contributed by atoms with Gasteiger partial charge in [0.05, 0.1) is 18.3 Å². The number of nitrogens with zero attached hydrogens (tertiary/aromatic N) is 2. The van der Waals surface area contributed by atoms with Gasteiger partial charge in [0, 0.05) is 18.3 Å². The third-order valence-corrected chi connectivity index (χ3v) is 3.72. The van der Waals surface area contributed by atoms with Crippen molar-refractivity contribution in [3.63, 3.8) is 0 Å². The second kappa shape index (κ2) is 7.07. The molecule has 1 fully saturated rings. The van der Waals surface area contributed by atoms with Crippen LogP contribution < -0.4 is 10.6 Å². The molecule has 21 heavy (non-hydrogen) atoms. The number of rotatable bonds is 5. The number of carbonyl (C=O) groups is 1. The van der Waals surface area contributed by atoms with E-state index < -0.39 is 0 Å². The zero-order valence-electron chi connectivity index (χ0n) is 13.5. The molecule has 0 bridgehead atoms. The Bertz CT molecular complexity index is 455. The number of carbonyl (C=O) groups excluding carboxylic acids is 1. The summed E-state index contributed by atoms with van der Waals surface area (Å²) in [5, 5.41) is 10.7. The van der Waals surface area contributed by atoms with Crippen molar-refractivity contribution >= 4 is 5.91 Å². The summed E-state index contributed by atoms with van der Waals surface area (Å²) in [4.78, 5) is 11.7. The molecule has 0 saturated heterocycles. The molecule has 2 rings (SSSR count). The maximum Gasteiger partial charge on any atom is 0.234 e. The van der Waals surface area contributed by atoms with Crippen molar-refractivity contribution in [1.29, 1.82) is 0 Å². The van der Waals surface area contributed by atoms with Gasteiger partial charge in [0.2, 0.25) is 5.91 Å². The van der Waals surface area contributed by atoms with Gasteiger partial charge in [0.1, 0.15) is 0 Å². The minimum atomic E-state index is -0.179. The summed E-state index contributed by atoms with van der Waals surface area (Å²) in [6, 6.07) is 2.61. The van der Waals surface area contributed by atoms with Crippen molar-refractivity contribution in [1.82, 2.24) is 20.4 Å². The molecular weight excluding hydrogens is 264 g/mol. The SMILES string of the molecule is CC(C)(C)NC(=O)CNCc1ccn(C2CCCCC2)n1. The molecule has 1 heterocycles. The maximum absolute atomic E-state index is 11.7. The van der Waals surface area contributed by atoms with Gasteiger partial charge < -0.3 is 10.6 Å². The summed E-state index contributed by atoms with van der Waals surface area (Å²) in [5.74, 6) is 0.0224. The van der Waals surface area contributed by atoms with Crippen molar-refractivity contribution in [2.75, 3.05) is 6.54 Å². The number of hydrogen-bond acceptors (Lipinski definition) is 3. The van der Waals surface area contributed by atoms with Gasteiger partial charge in [-0.05, 0) is 39.7 Å². The second-order valence-electron chi connectivity index (χ2n) is 6.98. The third-order valence-electron chi connectivity index (χ3n) is 3.72. The highest BCUT2D eigenvalue weighted by molar-refractivity contribution is 5.78. The molecule has 118 valence electrons. The smallest absolute Gasteiger partial charge is 0.234 e. The minimum absolute atomic E-state index is 0.0224. The highest BCUT2D eigenvalue weighted by Crippen LogP contribution is 2.27. The molecule has 1 aliphatic carbocycles. The summed E-state index contributed by atoms with van der Waals surface area (Å²) < 4.78 is 2.10. The van der Waals surface area contributed by atoms with Crippen LogP contribution in [0.5, 0.6) is 0 Å². The normalized spacial score (nSPS) is 16.9. The van der Waals surface area contributed by atoms with Crippen LogP contribution >= 0.6 is 0 Å². The summed E-state index contributed by atoms with van der Waals surface area (Å²) in [7, 11) is 0. The van der Waals surface area contributed by atoms with Crippen LogP contribution in [0.3, 0.4) is 0 Å².